The van der Waals surface area contributed by atoms with Gasteiger partial charge in [-0.05, 0) is 55.0 Å². The minimum absolute atomic E-state index is 0.248. The first-order valence-corrected chi connectivity index (χ1v) is 8.19. The molecule has 0 aliphatic heterocycles. The van der Waals surface area contributed by atoms with Gasteiger partial charge in [0.1, 0.15) is 5.75 Å². The van der Waals surface area contributed by atoms with Gasteiger partial charge in [0.2, 0.25) is 0 Å². The predicted octanol–water partition coefficient (Wildman–Crippen LogP) is 1.72. The summed E-state index contributed by atoms with van der Waals surface area (Å²) in [7, 11) is 1.47. The number of carbonyl (C=O) groups is 2. The number of carbonyl (C=O) groups excluding carboxylic acids is 2. The Hall–Kier alpha value is -3.55. The summed E-state index contributed by atoms with van der Waals surface area (Å²) in [5, 5.41) is 3.93. The molecular weight excluding hydrogens is 350 g/mol. The van der Waals surface area contributed by atoms with Crippen LogP contribution in [0.2, 0.25) is 0 Å². The molecule has 8 nitrogen and oxygen atoms in total. The van der Waals surface area contributed by atoms with E-state index in [-0.39, 0.29) is 12.5 Å². The molecule has 0 unspecified atom stereocenters. The highest BCUT2D eigenvalue weighted by Gasteiger charge is 2.07. The summed E-state index contributed by atoms with van der Waals surface area (Å²) in [4.78, 5) is 22.9. The van der Waals surface area contributed by atoms with E-state index in [1.165, 1.54) is 13.3 Å². The van der Waals surface area contributed by atoms with Gasteiger partial charge < -0.3 is 19.9 Å². The van der Waals surface area contributed by atoms with Gasteiger partial charge in [-0.25, -0.2) is 5.43 Å². The van der Waals surface area contributed by atoms with E-state index in [1.54, 1.807) is 42.5 Å². The molecule has 0 fully saturated rings. The zero-order chi connectivity index (χ0) is 19.6. The van der Waals surface area contributed by atoms with Gasteiger partial charge in [-0.3, -0.25) is 9.59 Å². The highest BCUT2D eigenvalue weighted by molar-refractivity contribution is 5.95. The third-order valence-electron chi connectivity index (χ3n) is 3.36. The quantitative estimate of drug-likeness (QED) is 0.515. The van der Waals surface area contributed by atoms with Crippen molar-refractivity contribution < 1.29 is 23.8 Å². The number of hydrogen-bond donors (Lipinski definition) is 2. The van der Waals surface area contributed by atoms with E-state index in [1.807, 2.05) is 6.92 Å². The molecule has 0 radical (unpaired) electrons. The topological polar surface area (TPSA) is 112 Å². The van der Waals surface area contributed by atoms with Crippen LogP contribution in [0, 0.1) is 0 Å². The molecule has 142 valence electrons. The summed E-state index contributed by atoms with van der Waals surface area (Å²) < 4.78 is 15.8. The van der Waals surface area contributed by atoms with Crippen LogP contribution in [0.5, 0.6) is 17.2 Å². The van der Waals surface area contributed by atoms with Gasteiger partial charge in [-0.2, -0.15) is 5.10 Å². The van der Waals surface area contributed by atoms with E-state index < -0.39 is 5.91 Å². The Morgan fingerprint density at radius 3 is 2.48 bits per heavy atom. The number of primary amides is 1. The highest BCUT2D eigenvalue weighted by Crippen LogP contribution is 2.27. The molecule has 2 aromatic carbocycles. The second-order valence-corrected chi connectivity index (χ2v) is 5.32. The van der Waals surface area contributed by atoms with Gasteiger partial charge in [-0.1, -0.05) is 0 Å². The molecule has 0 saturated carbocycles. The number of hydrazone groups is 1. The zero-order valence-corrected chi connectivity index (χ0v) is 15.1. The minimum atomic E-state index is -0.584. The minimum Gasteiger partial charge on any atom is -0.494 e. The molecule has 0 aromatic heterocycles. The summed E-state index contributed by atoms with van der Waals surface area (Å²) in [6.45, 7) is 2.20. The fourth-order valence-corrected chi connectivity index (χ4v) is 2.13. The van der Waals surface area contributed by atoms with Gasteiger partial charge in [0, 0.05) is 5.56 Å². The lowest BCUT2D eigenvalue weighted by Crippen LogP contribution is -2.20. The van der Waals surface area contributed by atoms with Crippen molar-refractivity contribution in [2.45, 2.75) is 6.92 Å². The van der Waals surface area contributed by atoms with Crippen LogP contribution in [0.1, 0.15) is 22.8 Å². The van der Waals surface area contributed by atoms with E-state index in [2.05, 4.69) is 10.5 Å². The Morgan fingerprint density at radius 1 is 1.11 bits per heavy atom. The third kappa shape index (κ3) is 6.03. The van der Waals surface area contributed by atoms with Crippen molar-refractivity contribution in [1.82, 2.24) is 5.43 Å². The van der Waals surface area contributed by atoms with Crippen LogP contribution in [-0.2, 0) is 4.79 Å². The second-order valence-electron chi connectivity index (χ2n) is 5.32. The molecule has 0 bridgehead atoms. The number of amides is 2. The van der Waals surface area contributed by atoms with Crippen LogP contribution in [0.4, 0.5) is 0 Å². The molecule has 0 spiro atoms. The maximum Gasteiger partial charge on any atom is 0.271 e. The van der Waals surface area contributed by atoms with Gasteiger partial charge in [0.15, 0.2) is 18.1 Å². The zero-order valence-electron chi connectivity index (χ0n) is 15.1. The summed E-state index contributed by atoms with van der Waals surface area (Å²) in [5.74, 6) is 0.565. The van der Waals surface area contributed by atoms with E-state index in [0.29, 0.717) is 35.0 Å². The monoisotopic (exact) mass is 371 g/mol. The van der Waals surface area contributed by atoms with Crippen LogP contribution in [0.25, 0.3) is 0 Å². The Balaban J connectivity index is 1.98. The molecule has 0 heterocycles. The van der Waals surface area contributed by atoms with Crippen LogP contribution >= 0.6 is 0 Å². The summed E-state index contributed by atoms with van der Waals surface area (Å²) in [5.41, 5.74) is 8.63. The number of rotatable bonds is 9. The number of nitrogens with two attached hydrogens (primary N) is 1. The lowest BCUT2D eigenvalue weighted by atomic mass is 10.2. The normalized spacial score (nSPS) is 10.4. The number of ether oxygens (including phenoxy) is 3. The lowest BCUT2D eigenvalue weighted by Gasteiger charge is -2.09. The first-order chi connectivity index (χ1) is 13.0. The maximum absolute atomic E-state index is 12.1. The number of hydrogen-bond acceptors (Lipinski definition) is 6. The first-order valence-electron chi connectivity index (χ1n) is 8.19. The Morgan fingerprint density at radius 2 is 1.85 bits per heavy atom. The molecule has 0 saturated heterocycles. The average molecular weight is 371 g/mol. The Labute approximate surface area is 156 Å². The molecule has 2 rings (SSSR count). The molecule has 0 aliphatic carbocycles. The molecule has 3 N–H and O–H groups in total. The summed E-state index contributed by atoms with van der Waals surface area (Å²) in [6.07, 6.45) is 1.47. The van der Waals surface area contributed by atoms with Gasteiger partial charge in [0.25, 0.3) is 11.8 Å². The average Bonchev–Trinajstić information content (AvgIpc) is 2.67. The molecule has 8 heteroatoms. The van der Waals surface area contributed by atoms with Crippen LogP contribution in [0.15, 0.2) is 47.6 Å². The largest absolute Gasteiger partial charge is 0.494 e. The molecule has 0 aliphatic rings. The van der Waals surface area contributed by atoms with Crippen molar-refractivity contribution >= 4 is 18.0 Å². The van der Waals surface area contributed by atoms with E-state index in [0.717, 1.165) is 0 Å². The van der Waals surface area contributed by atoms with E-state index >= 15 is 0 Å². The molecular formula is C19H21N3O5. The Kier molecular flexibility index (Phi) is 7.18. The molecule has 0 atom stereocenters. The van der Waals surface area contributed by atoms with Crippen molar-refractivity contribution in [3.63, 3.8) is 0 Å². The van der Waals surface area contributed by atoms with Crippen molar-refractivity contribution in [2.24, 2.45) is 10.8 Å². The van der Waals surface area contributed by atoms with Crippen LogP contribution in [0.3, 0.4) is 0 Å². The molecule has 27 heavy (non-hydrogen) atoms. The standard InChI is InChI=1S/C19H21N3O5/c1-3-26-15-7-5-14(6-8-15)19(24)22-21-11-13-4-9-16(17(10-13)25-2)27-12-18(20)23/h4-11H,3,12H2,1-2H3,(H2,20,23)(H,22,24)/b21-11+. The van der Waals surface area contributed by atoms with E-state index in [9.17, 15) is 9.59 Å². The number of nitrogens with zero attached hydrogens (tertiary/aromatic N) is 1. The van der Waals surface area contributed by atoms with Crippen LogP contribution in [-0.4, -0.2) is 38.4 Å². The highest BCUT2D eigenvalue weighted by atomic mass is 16.5. The smallest absolute Gasteiger partial charge is 0.271 e. The summed E-state index contributed by atoms with van der Waals surface area (Å²) >= 11 is 0. The summed E-state index contributed by atoms with van der Waals surface area (Å²) in [6, 6.07) is 11.7. The van der Waals surface area contributed by atoms with Crippen molar-refractivity contribution in [3.8, 4) is 17.2 Å². The fraction of sp³-hybridized carbons (Fsp3) is 0.211. The lowest BCUT2D eigenvalue weighted by molar-refractivity contribution is -0.119. The van der Waals surface area contributed by atoms with E-state index in [4.69, 9.17) is 19.9 Å². The fourth-order valence-electron chi connectivity index (χ4n) is 2.13. The van der Waals surface area contributed by atoms with Crippen molar-refractivity contribution in [1.29, 1.82) is 0 Å². The second kappa shape index (κ2) is 9.81. The molecule has 2 aromatic rings. The number of benzene rings is 2. The van der Waals surface area contributed by atoms with Gasteiger partial charge >= 0.3 is 0 Å². The third-order valence-corrected chi connectivity index (χ3v) is 3.36. The SMILES string of the molecule is CCOc1ccc(C(=O)N/N=C/c2ccc(OCC(N)=O)c(OC)c2)cc1. The van der Waals surface area contributed by atoms with Crippen molar-refractivity contribution in [2.75, 3.05) is 20.3 Å². The predicted molar refractivity (Wildman–Crippen MR) is 100 cm³/mol. The van der Waals surface area contributed by atoms with Gasteiger partial charge in [-0.15, -0.1) is 0 Å². The van der Waals surface area contributed by atoms with Crippen LogP contribution < -0.4 is 25.4 Å². The first kappa shape index (κ1) is 19.8. The molecule has 2 amide bonds. The number of methoxy groups -OCH3 is 1. The van der Waals surface area contributed by atoms with Crippen molar-refractivity contribution in [3.05, 3.63) is 53.6 Å². The number of nitrogens with one attached hydrogen (secondary N) is 1. The maximum atomic E-state index is 12.1. The van der Waals surface area contributed by atoms with Gasteiger partial charge in [0.05, 0.1) is 19.9 Å². The Bertz CT molecular complexity index is 819.